The van der Waals surface area contributed by atoms with E-state index in [0.29, 0.717) is 25.3 Å². The van der Waals surface area contributed by atoms with Crippen LogP contribution >= 0.6 is 0 Å². The van der Waals surface area contributed by atoms with Crippen molar-refractivity contribution in [2.24, 2.45) is 0 Å². The lowest BCUT2D eigenvalue weighted by Crippen LogP contribution is -2.26. The number of carbonyl (C=O) groups excluding carboxylic acids is 1. The van der Waals surface area contributed by atoms with Crippen LogP contribution in [0, 0.1) is 0 Å². The molecule has 3 rings (SSSR count). The topological polar surface area (TPSA) is 80.2 Å². The van der Waals surface area contributed by atoms with Gasteiger partial charge >= 0.3 is 6.18 Å². The van der Waals surface area contributed by atoms with Crippen LogP contribution in [0.2, 0.25) is 0 Å². The first-order valence-corrected chi connectivity index (χ1v) is 7.87. The van der Waals surface area contributed by atoms with Gasteiger partial charge in [-0.3, -0.25) is 4.79 Å². The average Bonchev–Trinajstić information content (AvgIpc) is 3.09. The number of aromatic nitrogens is 3. The van der Waals surface area contributed by atoms with Crippen molar-refractivity contribution in [3.63, 3.8) is 0 Å². The number of rotatable bonds is 4. The number of alkyl halides is 3. The van der Waals surface area contributed by atoms with Gasteiger partial charge in [0.25, 0.3) is 5.91 Å². The molecule has 1 atom stereocenters. The van der Waals surface area contributed by atoms with E-state index < -0.39 is 11.7 Å². The predicted molar refractivity (Wildman–Crippen MR) is 85.9 cm³/mol. The average molecular weight is 367 g/mol. The minimum atomic E-state index is -4.42. The normalized spacial score (nSPS) is 17.2. The number of nitrogens with one attached hydrogen (secondary N) is 1. The van der Waals surface area contributed by atoms with Crippen LogP contribution in [-0.4, -0.2) is 47.3 Å². The number of hydrogen-bond donors (Lipinski definition) is 1. The molecule has 1 aliphatic rings. The van der Waals surface area contributed by atoms with Crippen molar-refractivity contribution in [1.29, 1.82) is 0 Å². The van der Waals surface area contributed by atoms with E-state index in [1.165, 1.54) is 13.1 Å². The highest BCUT2D eigenvalue weighted by molar-refractivity contribution is 5.91. The molecule has 2 aromatic rings. The molecular formula is C16H16F3N5O2. The van der Waals surface area contributed by atoms with Crippen LogP contribution in [0.15, 0.2) is 30.5 Å². The lowest BCUT2D eigenvalue weighted by Gasteiger charge is -2.17. The van der Waals surface area contributed by atoms with E-state index in [9.17, 15) is 18.0 Å². The molecule has 0 radical (unpaired) electrons. The van der Waals surface area contributed by atoms with Crippen LogP contribution in [-0.2, 0) is 6.18 Å². The van der Waals surface area contributed by atoms with E-state index in [0.717, 1.165) is 12.3 Å². The Hall–Kier alpha value is -2.91. The van der Waals surface area contributed by atoms with Gasteiger partial charge in [0.15, 0.2) is 11.5 Å². The molecule has 7 nitrogen and oxygen atoms in total. The Morgan fingerprint density at radius 3 is 2.65 bits per heavy atom. The summed E-state index contributed by atoms with van der Waals surface area (Å²) in [6.07, 6.45) is -3.22. The highest BCUT2D eigenvalue weighted by Gasteiger charge is 2.31. The molecule has 0 aliphatic carbocycles. The van der Waals surface area contributed by atoms with Crippen molar-refractivity contribution in [3.8, 4) is 5.88 Å². The minimum Gasteiger partial charge on any atom is -0.472 e. The van der Waals surface area contributed by atoms with Crippen molar-refractivity contribution in [1.82, 2.24) is 20.5 Å². The maximum absolute atomic E-state index is 12.5. The maximum Gasteiger partial charge on any atom is 0.417 e. The maximum atomic E-state index is 12.5. The Labute approximate surface area is 147 Å². The van der Waals surface area contributed by atoms with E-state index in [1.54, 1.807) is 12.1 Å². The van der Waals surface area contributed by atoms with Crippen molar-refractivity contribution in [2.75, 3.05) is 25.0 Å². The standard InChI is InChI=1S/C16H16F3N5O2/c1-20-15(25)12-3-4-13(23-22-12)24-7-6-11(9-24)26-14-5-2-10(8-21-14)16(17,18)19/h2-5,8,11H,6-7,9H2,1H3,(H,20,25). The Morgan fingerprint density at radius 1 is 1.27 bits per heavy atom. The van der Waals surface area contributed by atoms with Gasteiger partial charge in [-0.2, -0.15) is 13.2 Å². The van der Waals surface area contributed by atoms with Crippen molar-refractivity contribution in [3.05, 3.63) is 41.7 Å². The number of anilines is 1. The molecule has 1 saturated heterocycles. The first-order valence-electron chi connectivity index (χ1n) is 7.87. The smallest absolute Gasteiger partial charge is 0.417 e. The van der Waals surface area contributed by atoms with Crippen molar-refractivity contribution >= 4 is 11.7 Å². The lowest BCUT2D eigenvalue weighted by molar-refractivity contribution is -0.137. The van der Waals surface area contributed by atoms with Gasteiger partial charge in [0.2, 0.25) is 5.88 Å². The summed E-state index contributed by atoms with van der Waals surface area (Å²) < 4.78 is 43.3. The number of ether oxygens (including phenoxy) is 1. The molecular weight excluding hydrogens is 351 g/mol. The van der Waals surface area contributed by atoms with E-state index in [1.807, 2.05) is 4.90 Å². The molecule has 26 heavy (non-hydrogen) atoms. The fraction of sp³-hybridized carbons (Fsp3) is 0.375. The molecule has 1 aliphatic heterocycles. The first kappa shape index (κ1) is 17.9. The second-order valence-corrected chi connectivity index (χ2v) is 5.71. The number of carbonyl (C=O) groups is 1. The Morgan fingerprint density at radius 2 is 2.08 bits per heavy atom. The van der Waals surface area contributed by atoms with Gasteiger partial charge in [0.1, 0.15) is 6.10 Å². The molecule has 0 aromatic carbocycles. The number of nitrogens with zero attached hydrogens (tertiary/aromatic N) is 4. The van der Waals surface area contributed by atoms with Crippen LogP contribution < -0.4 is 15.0 Å². The SMILES string of the molecule is CNC(=O)c1ccc(N2CCC(Oc3ccc(C(F)(F)F)cn3)C2)nn1. The zero-order valence-corrected chi connectivity index (χ0v) is 13.8. The second kappa shape index (κ2) is 7.14. The summed E-state index contributed by atoms with van der Waals surface area (Å²) >= 11 is 0. The molecule has 0 spiro atoms. The lowest BCUT2D eigenvalue weighted by atomic mass is 10.3. The van der Waals surface area contributed by atoms with Crippen LogP contribution in [0.3, 0.4) is 0 Å². The van der Waals surface area contributed by atoms with Crippen LogP contribution in [0.5, 0.6) is 5.88 Å². The van der Waals surface area contributed by atoms with E-state index in [4.69, 9.17) is 4.74 Å². The fourth-order valence-corrected chi connectivity index (χ4v) is 2.56. The molecule has 10 heteroatoms. The molecule has 1 amide bonds. The Balaban J connectivity index is 1.59. The molecule has 2 aromatic heterocycles. The summed E-state index contributed by atoms with van der Waals surface area (Å²) in [5.41, 5.74) is -0.596. The first-order chi connectivity index (χ1) is 12.4. The zero-order chi connectivity index (χ0) is 18.7. The van der Waals surface area contributed by atoms with Gasteiger partial charge in [-0.25, -0.2) is 4.98 Å². The van der Waals surface area contributed by atoms with Gasteiger partial charge in [0, 0.05) is 32.3 Å². The summed E-state index contributed by atoms with van der Waals surface area (Å²) in [5.74, 6) is 0.426. The highest BCUT2D eigenvalue weighted by atomic mass is 19.4. The summed E-state index contributed by atoms with van der Waals surface area (Å²) in [5, 5.41) is 10.4. The third kappa shape index (κ3) is 4.01. The molecule has 0 bridgehead atoms. The zero-order valence-electron chi connectivity index (χ0n) is 13.8. The second-order valence-electron chi connectivity index (χ2n) is 5.71. The number of amides is 1. The number of halogens is 3. The monoisotopic (exact) mass is 367 g/mol. The quantitative estimate of drug-likeness (QED) is 0.889. The third-order valence-electron chi connectivity index (χ3n) is 3.93. The van der Waals surface area contributed by atoms with Crippen LogP contribution in [0.25, 0.3) is 0 Å². The summed E-state index contributed by atoms with van der Waals surface area (Å²) in [6.45, 7) is 1.15. The third-order valence-corrected chi connectivity index (χ3v) is 3.93. The Kier molecular flexibility index (Phi) is 4.92. The van der Waals surface area contributed by atoms with Crippen molar-refractivity contribution in [2.45, 2.75) is 18.7 Å². The summed E-state index contributed by atoms with van der Waals surface area (Å²) in [4.78, 5) is 17.1. The minimum absolute atomic E-state index is 0.144. The van der Waals surface area contributed by atoms with Gasteiger partial charge < -0.3 is 15.0 Å². The largest absolute Gasteiger partial charge is 0.472 e. The summed E-state index contributed by atoms with van der Waals surface area (Å²) in [6, 6.07) is 5.42. The van der Waals surface area contributed by atoms with Gasteiger partial charge in [-0.15, -0.1) is 10.2 Å². The van der Waals surface area contributed by atoms with Gasteiger partial charge in [-0.1, -0.05) is 0 Å². The molecule has 1 fully saturated rings. The molecule has 1 N–H and O–H groups in total. The highest BCUT2D eigenvalue weighted by Crippen LogP contribution is 2.29. The van der Waals surface area contributed by atoms with E-state index >= 15 is 0 Å². The molecule has 0 saturated carbocycles. The van der Waals surface area contributed by atoms with Crippen molar-refractivity contribution < 1.29 is 22.7 Å². The molecule has 1 unspecified atom stereocenters. The number of hydrogen-bond acceptors (Lipinski definition) is 6. The van der Waals surface area contributed by atoms with Crippen LogP contribution in [0.4, 0.5) is 19.0 Å². The molecule has 3 heterocycles. The van der Waals surface area contributed by atoms with Gasteiger partial charge in [-0.05, 0) is 18.2 Å². The van der Waals surface area contributed by atoms with E-state index in [2.05, 4.69) is 20.5 Å². The molecule has 138 valence electrons. The van der Waals surface area contributed by atoms with E-state index in [-0.39, 0.29) is 23.6 Å². The van der Waals surface area contributed by atoms with Gasteiger partial charge in [0.05, 0.1) is 12.1 Å². The van der Waals surface area contributed by atoms with Crippen LogP contribution in [0.1, 0.15) is 22.5 Å². The predicted octanol–water partition coefficient (Wildman–Crippen LogP) is 1.91. The fourth-order valence-electron chi connectivity index (χ4n) is 2.56. The number of pyridine rings is 1. The Bertz CT molecular complexity index is 765. The summed E-state index contributed by atoms with van der Waals surface area (Å²) in [7, 11) is 1.51.